The first kappa shape index (κ1) is 17.5. The van der Waals surface area contributed by atoms with Gasteiger partial charge in [0, 0.05) is 32.2 Å². The molecule has 134 valence electrons. The highest BCUT2D eigenvalue weighted by Crippen LogP contribution is 2.42. The van der Waals surface area contributed by atoms with E-state index in [1.165, 1.54) is 18.6 Å². The van der Waals surface area contributed by atoms with Gasteiger partial charge in [0.15, 0.2) is 0 Å². The molecule has 0 unspecified atom stereocenters. The van der Waals surface area contributed by atoms with E-state index in [4.69, 9.17) is 0 Å². The average Bonchev–Trinajstić information content (AvgIpc) is 2.51. The maximum atomic E-state index is 13.2. The molecule has 1 aromatic carbocycles. The molecule has 1 saturated heterocycles. The number of benzene rings is 1. The van der Waals surface area contributed by atoms with Crippen molar-refractivity contribution in [2.45, 2.75) is 37.8 Å². The van der Waals surface area contributed by atoms with Crippen LogP contribution in [0.3, 0.4) is 0 Å². The summed E-state index contributed by atoms with van der Waals surface area (Å²) in [6, 6.07) is 6.39. The summed E-state index contributed by atoms with van der Waals surface area (Å²) in [5, 5.41) is 3.30. The number of alkyl halides is 4. The molecule has 24 heavy (non-hydrogen) atoms. The highest BCUT2D eigenvalue weighted by atomic mass is 19.3. The molecule has 0 radical (unpaired) electrons. The zero-order chi connectivity index (χ0) is 17.2. The van der Waals surface area contributed by atoms with Crippen molar-refractivity contribution >= 4 is 0 Å². The second kappa shape index (κ2) is 7.27. The van der Waals surface area contributed by atoms with Crippen LogP contribution in [0.15, 0.2) is 24.3 Å². The maximum absolute atomic E-state index is 13.2. The molecule has 1 saturated carbocycles. The van der Waals surface area contributed by atoms with E-state index in [2.05, 4.69) is 15.0 Å². The second-order valence-electron chi connectivity index (χ2n) is 6.46. The average molecular weight is 346 g/mol. The molecule has 0 bridgehead atoms. The summed E-state index contributed by atoms with van der Waals surface area (Å²) >= 11 is 0. The topological polar surface area (TPSA) is 24.5 Å². The standard InChI is InChI=1S/C17H22F4N2O/c18-16(19)17(20,21)24-14-6-2-5-13(11-14)15(12-3-1-4-12)23-9-7-22-8-10-23/h2,5-6,11-12,15-16,22H,1,3-4,7-10H2/t15-/m1/s1. The first-order chi connectivity index (χ1) is 11.5. The van der Waals surface area contributed by atoms with E-state index < -0.39 is 12.5 Å². The van der Waals surface area contributed by atoms with Gasteiger partial charge in [0.25, 0.3) is 0 Å². The zero-order valence-corrected chi connectivity index (χ0v) is 13.4. The van der Waals surface area contributed by atoms with Gasteiger partial charge in [-0.1, -0.05) is 18.6 Å². The van der Waals surface area contributed by atoms with E-state index >= 15 is 0 Å². The summed E-state index contributed by atoms with van der Waals surface area (Å²) in [5.41, 5.74) is 0.865. The van der Waals surface area contributed by atoms with Gasteiger partial charge in [-0.3, -0.25) is 4.90 Å². The van der Waals surface area contributed by atoms with Gasteiger partial charge in [0.2, 0.25) is 0 Å². The van der Waals surface area contributed by atoms with Crippen LogP contribution in [0.2, 0.25) is 0 Å². The van der Waals surface area contributed by atoms with Gasteiger partial charge in [-0.15, -0.1) is 0 Å². The molecule has 1 N–H and O–H groups in total. The van der Waals surface area contributed by atoms with E-state index in [1.807, 2.05) is 6.07 Å². The predicted octanol–water partition coefficient (Wildman–Crippen LogP) is 3.67. The Balaban J connectivity index is 1.81. The number of rotatable bonds is 6. The molecule has 1 aliphatic heterocycles. The smallest absolute Gasteiger partial charge is 0.428 e. The largest absolute Gasteiger partial charge is 0.461 e. The minimum atomic E-state index is -4.47. The number of halogens is 4. The van der Waals surface area contributed by atoms with E-state index in [1.54, 1.807) is 6.07 Å². The number of nitrogens with zero attached hydrogens (tertiary/aromatic N) is 1. The molecule has 0 amide bonds. The Morgan fingerprint density at radius 2 is 1.88 bits per heavy atom. The van der Waals surface area contributed by atoms with Crippen molar-refractivity contribution in [1.29, 1.82) is 0 Å². The van der Waals surface area contributed by atoms with Crippen LogP contribution in [0.25, 0.3) is 0 Å². The van der Waals surface area contributed by atoms with Crippen LogP contribution in [0.1, 0.15) is 30.9 Å². The van der Waals surface area contributed by atoms with Gasteiger partial charge in [-0.2, -0.15) is 17.6 Å². The number of nitrogens with one attached hydrogen (secondary N) is 1. The highest BCUT2D eigenvalue weighted by Gasteiger charge is 2.44. The van der Waals surface area contributed by atoms with Crippen molar-refractivity contribution in [2.24, 2.45) is 5.92 Å². The van der Waals surface area contributed by atoms with Crippen LogP contribution in [0.4, 0.5) is 17.6 Å². The fourth-order valence-corrected chi connectivity index (χ4v) is 3.46. The Hall–Kier alpha value is -1.34. The van der Waals surface area contributed by atoms with Gasteiger partial charge in [-0.25, -0.2) is 0 Å². The van der Waals surface area contributed by atoms with E-state index in [-0.39, 0.29) is 11.8 Å². The lowest BCUT2D eigenvalue weighted by Crippen LogP contribution is -2.47. The van der Waals surface area contributed by atoms with Gasteiger partial charge in [0.1, 0.15) is 5.75 Å². The molecule has 2 fully saturated rings. The lowest BCUT2D eigenvalue weighted by molar-refractivity contribution is -0.253. The Bertz CT molecular complexity index is 545. The Kier molecular flexibility index (Phi) is 5.30. The lowest BCUT2D eigenvalue weighted by Gasteiger charge is -2.43. The van der Waals surface area contributed by atoms with Crippen molar-refractivity contribution in [2.75, 3.05) is 26.2 Å². The molecule has 1 aliphatic carbocycles. The van der Waals surface area contributed by atoms with Crippen LogP contribution in [-0.2, 0) is 0 Å². The third-order valence-electron chi connectivity index (χ3n) is 4.85. The summed E-state index contributed by atoms with van der Waals surface area (Å²) in [7, 11) is 0. The monoisotopic (exact) mass is 346 g/mol. The van der Waals surface area contributed by atoms with Crippen LogP contribution in [-0.4, -0.2) is 43.6 Å². The van der Waals surface area contributed by atoms with Crippen LogP contribution in [0.5, 0.6) is 5.75 Å². The van der Waals surface area contributed by atoms with Crippen molar-refractivity contribution in [1.82, 2.24) is 10.2 Å². The van der Waals surface area contributed by atoms with Crippen LogP contribution < -0.4 is 10.1 Å². The summed E-state index contributed by atoms with van der Waals surface area (Å²) in [4.78, 5) is 2.35. The SMILES string of the molecule is FC(F)C(F)(F)Oc1cccc([C@@H](C2CCC2)N2CCNCC2)c1. The zero-order valence-electron chi connectivity index (χ0n) is 13.4. The molecule has 0 aromatic heterocycles. The van der Waals surface area contributed by atoms with Crippen molar-refractivity contribution in [3.8, 4) is 5.75 Å². The number of hydrogen-bond donors (Lipinski definition) is 1. The van der Waals surface area contributed by atoms with Crippen LogP contribution in [0, 0.1) is 5.92 Å². The second-order valence-corrected chi connectivity index (χ2v) is 6.46. The van der Waals surface area contributed by atoms with Crippen molar-refractivity contribution in [3.63, 3.8) is 0 Å². The molecule has 0 spiro atoms. The number of ether oxygens (including phenoxy) is 1. The van der Waals surface area contributed by atoms with Gasteiger partial charge in [-0.05, 0) is 36.5 Å². The summed E-state index contributed by atoms with van der Waals surface area (Å²) in [5.74, 6) is 0.270. The molecule has 3 nitrogen and oxygen atoms in total. The minimum Gasteiger partial charge on any atom is -0.428 e. The lowest BCUT2D eigenvalue weighted by atomic mass is 9.76. The van der Waals surface area contributed by atoms with Gasteiger partial charge in [0.05, 0.1) is 0 Å². The molecule has 1 atom stereocenters. The van der Waals surface area contributed by atoms with E-state index in [9.17, 15) is 17.6 Å². The fraction of sp³-hybridized carbons (Fsp3) is 0.647. The highest BCUT2D eigenvalue weighted by molar-refractivity contribution is 5.32. The van der Waals surface area contributed by atoms with Gasteiger partial charge >= 0.3 is 12.5 Å². The first-order valence-electron chi connectivity index (χ1n) is 8.37. The number of hydrogen-bond acceptors (Lipinski definition) is 3. The van der Waals surface area contributed by atoms with Gasteiger partial charge < -0.3 is 10.1 Å². The Labute approximate surface area is 139 Å². The summed E-state index contributed by atoms with van der Waals surface area (Å²) in [6.07, 6.45) is -4.94. The van der Waals surface area contributed by atoms with E-state index in [0.717, 1.165) is 44.6 Å². The minimum absolute atomic E-state index is 0.129. The molecule has 2 aliphatic rings. The third-order valence-corrected chi connectivity index (χ3v) is 4.85. The third kappa shape index (κ3) is 3.83. The van der Waals surface area contributed by atoms with E-state index in [0.29, 0.717) is 5.92 Å². The van der Waals surface area contributed by atoms with Crippen molar-refractivity contribution < 1.29 is 22.3 Å². The first-order valence-corrected chi connectivity index (χ1v) is 8.37. The van der Waals surface area contributed by atoms with Crippen molar-refractivity contribution in [3.05, 3.63) is 29.8 Å². The normalized spacial score (nSPS) is 21.5. The quantitative estimate of drug-likeness (QED) is 0.796. The molecule has 1 aromatic rings. The predicted molar refractivity (Wildman–Crippen MR) is 82.5 cm³/mol. The fourth-order valence-electron chi connectivity index (χ4n) is 3.46. The molecule has 7 heteroatoms. The molecule has 1 heterocycles. The summed E-state index contributed by atoms with van der Waals surface area (Å²) < 4.78 is 55.3. The van der Waals surface area contributed by atoms with Crippen LogP contribution >= 0.6 is 0 Å². The Morgan fingerprint density at radius 1 is 1.17 bits per heavy atom. The molecular weight excluding hydrogens is 324 g/mol. The molecular formula is C17H22F4N2O. The Morgan fingerprint density at radius 3 is 2.46 bits per heavy atom. The summed E-state index contributed by atoms with van der Waals surface area (Å²) in [6.45, 7) is 3.56. The number of piperazine rings is 1. The maximum Gasteiger partial charge on any atom is 0.461 e. The molecule has 3 rings (SSSR count).